The van der Waals surface area contributed by atoms with Gasteiger partial charge in [0.1, 0.15) is 0 Å². The number of imidazole rings is 1. The fraction of sp³-hybridized carbons (Fsp3) is 0.308. The smallest absolute Gasteiger partial charge is 0.0995 e. The average molecular weight is 327 g/mol. The number of nitrogens with zero attached hydrogens (tertiary/aromatic N) is 2. The molecule has 1 saturated heterocycles. The SMILES string of the molecule is Clc1cc(Br)ccc1-n1cncc1[C@@H]1CCCN1. The number of hydrogen-bond donors (Lipinski definition) is 1. The Morgan fingerprint density at radius 3 is 3.06 bits per heavy atom. The van der Waals surface area contributed by atoms with Gasteiger partial charge in [0.05, 0.1) is 28.9 Å². The minimum atomic E-state index is 0.382. The molecule has 3 rings (SSSR count). The summed E-state index contributed by atoms with van der Waals surface area (Å²) in [5, 5.41) is 4.21. The monoisotopic (exact) mass is 325 g/mol. The van der Waals surface area contributed by atoms with Gasteiger partial charge in [-0.3, -0.25) is 0 Å². The number of benzene rings is 1. The highest BCUT2D eigenvalue weighted by Crippen LogP contribution is 2.29. The Hall–Kier alpha value is -0.840. The van der Waals surface area contributed by atoms with Crippen LogP contribution < -0.4 is 5.32 Å². The molecule has 94 valence electrons. The lowest BCUT2D eigenvalue weighted by Gasteiger charge is -2.15. The van der Waals surface area contributed by atoms with Crippen LogP contribution in [0.25, 0.3) is 5.69 Å². The molecule has 0 aliphatic carbocycles. The number of nitrogens with one attached hydrogen (secondary N) is 1. The maximum Gasteiger partial charge on any atom is 0.0995 e. The van der Waals surface area contributed by atoms with Crippen molar-refractivity contribution in [1.29, 1.82) is 0 Å². The quantitative estimate of drug-likeness (QED) is 0.911. The first-order valence-corrected chi connectivity index (χ1v) is 7.14. The summed E-state index contributed by atoms with van der Waals surface area (Å²) in [6, 6.07) is 6.29. The van der Waals surface area contributed by atoms with Crippen molar-refractivity contribution in [1.82, 2.24) is 14.9 Å². The van der Waals surface area contributed by atoms with Crippen LogP contribution in [0.5, 0.6) is 0 Å². The van der Waals surface area contributed by atoms with Gasteiger partial charge in [-0.1, -0.05) is 27.5 Å². The van der Waals surface area contributed by atoms with Gasteiger partial charge in [0, 0.05) is 10.5 Å². The van der Waals surface area contributed by atoms with E-state index < -0.39 is 0 Å². The molecule has 0 spiro atoms. The van der Waals surface area contributed by atoms with Crippen molar-refractivity contribution in [2.45, 2.75) is 18.9 Å². The third kappa shape index (κ3) is 2.20. The van der Waals surface area contributed by atoms with Gasteiger partial charge in [0.15, 0.2) is 0 Å². The number of rotatable bonds is 2. The zero-order valence-corrected chi connectivity index (χ0v) is 12.1. The van der Waals surface area contributed by atoms with E-state index >= 15 is 0 Å². The summed E-state index contributed by atoms with van der Waals surface area (Å²) in [5.74, 6) is 0. The van der Waals surface area contributed by atoms with Crippen molar-refractivity contribution in [3.63, 3.8) is 0 Å². The molecule has 1 aliphatic rings. The largest absolute Gasteiger partial charge is 0.309 e. The Morgan fingerprint density at radius 2 is 2.33 bits per heavy atom. The topological polar surface area (TPSA) is 29.9 Å². The molecule has 0 unspecified atom stereocenters. The van der Waals surface area contributed by atoms with E-state index in [-0.39, 0.29) is 0 Å². The van der Waals surface area contributed by atoms with Crippen LogP contribution in [0.1, 0.15) is 24.6 Å². The normalized spacial score (nSPS) is 19.3. The van der Waals surface area contributed by atoms with Gasteiger partial charge >= 0.3 is 0 Å². The summed E-state index contributed by atoms with van der Waals surface area (Å²) in [6.07, 6.45) is 6.11. The lowest BCUT2D eigenvalue weighted by atomic mass is 10.1. The van der Waals surface area contributed by atoms with Crippen molar-refractivity contribution in [3.8, 4) is 5.69 Å². The highest BCUT2D eigenvalue weighted by Gasteiger charge is 2.20. The molecule has 5 heteroatoms. The maximum atomic E-state index is 6.30. The third-order valence-corrected chi connectivity index (χ3v) is 4.05. The molecule has 2 heterocycles. The molecule has 0 amide bonds. The van der Waals surface area contributed by atoms with E-state index in [0.29, 0.717) is 6.04 Å². The average Bonchev–Trinajstić information content (AvgIpc) is 2.98. The second kappa shape index (κ2) is 5.03. The first-order valence-electron chi connectivity index (χ1n) is 5.97. The fourth-order valence-electron chi connectivity index (χ4n) is 2.38. The van der Waals surface area contributed by atoms with Crippen LogP contribution in [-0.2, 0) is 0 Å². The Bertz CT molecular complexity index is 561. The van der Waals surface area contributed by atoms with Crippen molar-refractivity contribution >= 4 is 27.5 Å². The zero-order chi connectivity index (χ0) is 12.5. The van der Waals surface area contributed by atoms with Crippen molar-refractivity contribution < 1.29 is 0 Å². The molecule has 1 N–H and O–H groups in total. The highest BCUT2D eigenvalue weighted by atomic mass is 79.9. The van der Waals surface area contributed by atoms with Crippen molar-refractivity contribution in [2.75, 3.05) is 6.54 Å². The Labute approximate surface area is 119 Å². The number of hydrogen-bond acceptors (Lipinski definition) is 2. The van der Waals surface area contributed by atoms with E-state index in [1.807, 2.05) is 30.7 Å². The molecular weight excluding hydrogens is 314 g/mol. The van der Waals surface area contributed by atoms with Gasteiger partial charge in [-0.25, -0.2) is 4.98 Å². The first-order chi connectivity index (χ1) is 8.75. The van der Waals surface area contributed by atoms with E-state index in [1.54, 1.807) is 0 Å². The van der Waals surface area contributed by atoms with Crippen molar-refractivity contribution in [3.05, 3.63) is 45.9 Å². The van der Waals surface area contributed by atoms with Gasteiger partial charge in [0.2, 0.25) is 0 Å². The summed E-state index contributed by atoms with van der Waals surface area (Å²) in [7, 11) is 0. The highest BCUT2D eigenvalue weighted by molar-refractivity contribution is 9.10. The van der Waals surface area contributed by atoms with Crippen LogP contribution in [-0.4, -0.2) is 16.1 Å². The minimum absolute atomic E-state index is 0.382. The zero-order valence-electron chi connectivity index (χ0n) is 9.74. The molecule has 3 nitrogen and oxygen atoms in total. The van der Waals surface area contributed by atoms with Crippen LogP contribution >= 0.6 is 27.5 Å². The van der Waals surface area contributed by atoms with Crippen molar-refractivity contribution in [2.24, 2.45) is 0 Å². The molecular formula is C13H13BrClN3. The third-order valence-electron chi connectivity index (χ3n) is 3.25. The predicted octanol–water partition coefficient (Wildman–Crippen LogP) is 3.71. The van der Waals surface area contributed by atoms with Gasteiger partial charge in [0.25, 0.3) is 0 Å². The molecule has 1 atom stereocenters. The lowest BCUT2D eigenvalue weighted by molar-refractivity contribution is 0.615. The molecule has 1 aromatic heterocycles. The summed E-state index contributed by atoms with van der Waals surface area (Å²) < 4.78 is 3.05. The summed E-state index contributed by atoms with van der Waals surface area (Å²) in [5.41, 5.74) is 2.15. The molecule has 1 aromatic carbocycles. The summed E-state index contributed by atoms with van der Waals surface area (Å²) in [6.45, 7) is 1.07. The van der Waals surface area contributed by atoms with E-state index in [4.69, 9.17) is 11.6 Å². The second-order valence-electron chi connectivity index (χ2n) is 4.43. The Balaban J connectivity index is 2.03. The predicted molar refractivity (Wildman–Crippen MR) is 76.3 cm³/mol. The fourth-order valence-corrected chi connectivity index (χ4v) is 3.14. The Kier molecular flexibility index (Phi) is 3.41. The molecule has 1 aliphatic heterocycles. The summed E-state index contributed by atoms with van der Waals surface area (Å²) >= 11 is 9.72. The van der Waals surface area contributed by atoms with Gasteiger partial charge in [-0.2, -0.15) is 0 Å². The summed E-state index contributed by atoms with van der Waals surface area (Å²) in [4.78, 5) is 4.26. The van der Waals surface area contributed by atoms with Gasteiger partial charge < -0.3 is 9.88 Å². The van der Waals surface area contributed by atoms with Crippen LogP contribution in [0.4, 0.5) is 0 Å². The lowest BCUT2D eigenvalue weighted by Crippen LogP contribution is -2.16. The number of aromatic nitrogens is 2. The molecule has 18 heavy (non-hydrogen) atoms. The molecule has 0 saturated carbocycles. The van der Waals surface area contributed by atoms with Crippen LogP contribution in [0.2, 0.25) is 5.02 Å². The molecule has 2 aromatic rings. The van der Waals surface area contributed by atoms with E-state index in [9.17, 15) is 0 Å². The van der Waals surface area contributed by atoms with E-state index in [0.717, 1.165) is 28.1 Å². The van der Waals surface area contributed by atoms with E-state index in [1.165, 1.54) is 12.1 Å². The van der Waals surface area contributed by atoms with Crippen LogP contribution in [0, 0.1) is 0 Å². The minimum Gasteiger partial charge on any atom is -0.309 e. The second-order valence-corrected chi connectivity index (χ2v) is 5.76. The van der Waals surface area contributed by atoms with E-state index in [2.05, 4.69) is 30.8 Å². The molecule has 0 bridgehead atoms. The maximum absolute atomic E-state index is 6.30. The standard InChI is InChI=1S/C13H13BrClN3/c14-9-3-4-12(10(15)6-9)18-8-16-7-13(18)11-2-1-5-17-11/h3-4,6-8,11,17H,1-2,5H2/t11-/m0/s1. The van der Waals surface area contributed by atoms with Crippen LogP contribution in [0.3, 0.4) is 0 Å². The molecule has 1 fully saturated rings. The van der Waals surface area contributed by atoms with Gasteiger partial charge in [-0.05, 0) is 37.6 Å². The van der Waals surface area contributed by atoms with Crippen LogP contribution in [0.15, 0.2) is 35.2 Å². The first kappa shape index (κ1) is 12.2. The Morgan fingerprint density at radius 1 is 1.44 bits per heavy atom. The number of halogens is 2. The molecule has 0 radical (unpaired) electrons. The van der Waals surface area contributed by atoms with Gasteiger partial charge in [-0.15, -0.1) is 0 Å².